The Bertz CT molecular complexity index is 739. The van der Waals surface area contributed by atoms with Crippen molar-refractivity contribution in [2.75, 3.05) is 33.9 Å². The van der Waals surface area contributed by atoms with Crippen LogP contribution in [-0.2, 0) is 11.2 Å². The van der Waals surface area contributed by atoms with Crippen molar-refractivity contribution < 1.29 is 14.3 Å². The minimum absolute atomic E-state index is 0.0345. The van der Waals surface area contributed by atoms with E-state index >= 15 is 0 Å². The number of benzene rings is 2. The van der Waals surface area contributed by atoms with E-state index in [0.29, 0.717) is 13.0 Å². The molecule has 1 unspecified atom stereocenters. The van der Waals surface area contributed by atoms with Gasteiger partial charge in [-0.25, -0.2) is 0 Å². The molecule has 1 aliphatic heterocycles. The summed E-state index contributed by atoms with van der Waals surface area (Å²) in [5, 5.41) is 3.12. The van der Waals surface area contributed by atoms with E-state index < -0.39 is 0 Å². The number of hydrogen-bond acceptors (Lipinski definition) is 4. The number of methoxy groups -OCH3 is 2. The second-order valence-electron chi connectivity index (χ2n) is 6.86. The molecule has 1 N–H and O–H groups in total. The Labute approximate surface area is 161 Å². The predicted octanol–water partition coefficient (Wildman–Crippen LogP) is 3.20. The minimum atomic E-state index is 0.0345. The largest absolute Gasteiger partial charge is 0.497 e. The molecule has 144 valence electrons. The molecule has 0 bridgehead atoms. The van der Waals surface area contributed by atoms with E-state index in [2.05, 4.69) is 22.3 Å². The molecular formula is C22H28N2O3. The van der Waals surface area contributed by atoms with Crippen molar-refractivity contribution in [1.29, 1.82) is 0 Å². The van der Waals surface area contributed by atoms with Crippen LogP contribution in [0.25, 0.3) is 0 Å². The van der Waals surface area contributed by atoms with Gasteiger partial charge in [0, 0.05) is 6.54 Å². The second-order valence-corrected chi connectivity index (χ2v) is 6.86. The van der Waals surface area contributed by atoms with Crippen LogP contribution in [0.3, 0.4) is 0 Å². The third-order valence-electron chi connectivity index (χ3n) is 5.08. The standard InChI is InChI=1S/C22H28N2O3/c1-26-19-10-8-17(9-11-19)14-22(25)23-16-21(24-12-3-4-13-24)18-6-5-7-20(15-18)27-2/h5-11,15,21H,3-4,12-14,16H2,1-2H3,(H,23,25). The van der Waals surface area contributed by atoms with E-state index in [9.17, 15) is 4.79 Å². The zero-order valence-electron chi connectivity index (χ0n) is 16.1. The highest BCUT2D eigenvalue weighted by Gasteiger charge is 2.24. The number of carbonyl (C=O) groups excluding carboxylic acids is 1. The average molecular weight is 368 g/mol. The topological polar surface area (TPSA) is 50.8 Å². The molecular weight excluding hydrogens is 340 g/mol. The molecule has 3 rings (SSSR count). The number of amides is 1. The number of hydrogen-bond donors (Lipinski definition) is 1. The van der Waals surface area contributed by atoms with Gasteiger partial charge in [0.05, 0.1) is 26.7 Å². The Morgan fingerprint density at radius 3 is 2.41 bits per heavy atom. The van der Waals surface area contributed by atoms with E-state index in [4.69, 9.17) is 9.47 Å². The van der Waals surface area contributed by atoms with Crippen LogP contribution in [0.15, 0.2) is 48.5 Å². The molecule has 1 amide bonds. The number of nitrogens with zero attached hydrogens (tertiary/aromatic N) is 1. The van der Waals surface area contributed by atoms with Gasteiger partial charge in [-0.3, -0.25) is 9.69 Å². The van der Waals surface area contributed by atoms with E-state index in [-0.39, 0.29) is 11.9 Å². The maximum atomic E-state index is 12.5. The molecule has 5 nitrogen and oxygen atoms in total. The third-order valence-corrected chi connectivity index (χ3v) is 5.08. The smallest absolute Gasteiger partial charge is 0.224 e. The minimum Gasteiger partial charge on any atom is -0.497 e. The third kappa shape index (κ3) is 5.23. The Morgan fingerprint density at radius 1 is 1.04 bits per heavy atom. The van der Waals surface area contributed by atoms with Gasteiger partial charge in [-0.05, 0) is 61.3 Å². The number of rotatable bonds is 8. The molecule has 0 aliphatic carbocycles. The monoisotopic (exact) mass is 368 g/mol. The number of ether oxygens (including phenoxy) is 2. The highest BCUT2D eigenvalue weighted by atomic mass is 16.5. The summed E-state index contributed by atoms with van der Waals surface area (Å²) in [6.45, 7) is 2.73. The average Bonchev–Trinajstić information content (AvgIpc) is 3.23. The molecule has 0 aromatic heterocycles. The van der Waals surface area contributed by atoms with E-state index in [1.54, 1.807) is 14.2 Å². The lowest BCUT2D eigenvalue weighted by Crippen LogP contribution is -2.37. The summed E-state index contributed by atoms with van der Waals surface area (Å²) in [7, 11) is 3.32. The fourth-order valence-electron chi connectivity index (χ4n) is 3.56. The first kappa shape index (κ1) is 19.2. The van der Waals surface area contributed by atoms with Crippen molar-refractivity contribution >= 4 is 5.91 Å². The molecule has 0 spiro atoms. The van der Waals surface area contributed by atoms with Crippen molar-refractivity contribution in [3.63, 3.8) is 0 Å². The molecule has 1 atom stereocenters. The number of nitrogens with one attached hydrogen (secondary N) is 1. The van der Waals surface area contributed by atoms with Crippen LogP contribution in [-0.4, -0.2) is 44.7 Å². The summed E-state index contributed by atoms with van der Waals surface area (Å²) in [4.78, 5) is 14.9. The first-order valence-electron chi connectivity index (χ1n) is 9.47. The summed E-state index contributed by atoms with van der Waals surface area (Å²) < 4.78 is 10.5. The quantitative estimate of drug-likeness (QED) is 0.777. The molecule has 2 aromatic rings. The normalized spacial score (nSPS) is 15.3. The molecule has 1 aliphatic rings. The van der Waals surface area contributed by atoms with Crippen molar-refractivity contribution in [3.8, 4) is 11.5 Å². The molecule has 2 aromatic carbocycles. The van der Waals surface area contributed by atoms with Crippen molar-refractivity contribution in [2.45, 2.75) is 25.3 Å². The Hall–Kier alpha value is -2.53. The fraction of sp³-hybridized carbons (Fsp3) is 0.409. The van der Waals surface area contributed by atoms with Crippen LogP contribution in [0.5, 0.6) is 11.5 Å². The van der Waals surface area contributed by atoms with Crippen molar-refractivity contribution in [1.82, 2.24) is 10.2 Å². The van der Waals surface area contributed by atoms with Crippen LogP contribution in [0, 0.1) is 0 Å². The summed E-state index contributed by atoms with van der Waals surface area (Å²) in [5.74, 6) is 1.68. The molecule has 0 saturated carbocycles. The van der Waals surface area contributed by atoms with Gasteiger partial charge in [0.2, 0.25) is 5.91 Å². The van der Waals surface area contributed by atoms with Crippen LogP contribution in [0.4, 0.5) is 0 Å². The zero-order valence-corrected chi connectivity index (χ0v) is 16.1. The molecule has 5 heteroatoms. The van der Waals surface area contributed by atoms with Gasteiger partial charge in [0.1, 0.15) is 11.5 Å². The van der Waals surface area contributed by atoms with E-state index in [0.717, 1.165) is 30.2 Å². The van der Waals surface area contributed by atoms with Gasteiger partial charge >= 0.3 is 0 Å². The van der Waals surface area contributed by atoms with Crippen molar-refractivity contribution in [3.05, 3.63) is 59.7 Å². The summed E-state index contributed by atoms with van der Waals surface area (Å²) in [5.41, 5.74) is 2.16. The Kier molecular flexibility index (Phi) is 6.71. The van der Waals surface area contributed by atoms with Gasteiger partial charge in [-0.1, -0.05) is 24.3 Å². The molecule has 1 fully saturated rings. The van der Waals surface area contributed by atoms with Crippen LogP contribution in [0.1, 0.15) is 30.0 Å². The molecule has 27 heavy (non-hydrogen) atoms. The number of carbonyl (C=O) groups is 1. The maximum absolute atomic E-state index is 12.5. The first-order chi connectivity index (χ1) is 13.2. The maximum Gasteiger partial charge on any atom is 0.224 e. The van der Waals surface area contributed by atoms with Gasteiger partial charge < -0.3 is 14.8 Å². The molecule has 1 saturated heterocycles. The zero-order chi connectivity index (χ0) is 19.1. The van der Waals surface area contributed by atoms with Crippen molar-refractivity contribution in [2.24, 2.45) is 0 Å². The Balaban J connectivity index is 1.63. The highest BCUT2D eigenvalue weighted by molar-refractivity contribution is 5.78. The second kappa shape index (κ2) is 9.42. The van der Waals surface area contributed by atoms with E-state index in [1.165, 1.54) is 18.4 Å². The van der Waals surface area contributed by atoms with Gasteiger partial charge in [-0.15, -0.1) is 0 Å². The van der Waals surface area contributed by atoms with Gasteiger partial charge in [0.15, 0.2) is 0 Å². The Morgan fingerprint density at radius 2 is 1.74 bits per heavy atom. The van der Waals surface area contributed by atoms with Crippen LogP contribution < -0.4 is 14.8 Å². The summed E-state index contributed by atoms with van der Waals surface area (Å²) in [6, 6.07) is 15.9. The van der Waals surface area contributed by atoms with Crippen LogP contribution in [0.2, 0.25) is 0 Å². The lowest BCUT2D eigenvalue weighted by molar-refractivity contribution is -0.120. The predicted molar refractivity (Wildman–Crippen MR) is 106 cm³/mol. The number of likely N-dealkylation sites (tertiary alicyclic amines) is 1. The highest BCUT2D eigenvalue weighted by Crippen LogP contribution is 2.27. The lowest BCUT2D eigenvalue weighted by atomic mass is 10.0. The summed E-state index contributed by atoms with van der Waals surface area (Å²) in [6.07, 6.45) is 2.79. The van der Waals surface area contributed by atoms with E-state index in [1.807, 2.05) is 36.4 Å². The van der Waals surface area contributed by atoms with Crippen LogP contribution >= 0.6 is 0 Å². The summed E-state index contributed by atoms with van der Waals surface area (Å²) >= 11 is 0. The first-order valence-corrected chi connectivity index (χ1v) is 9.47. The van der Waals surface area contributed by atoms with Gasteiger partial charge in [-0.2, -0.15) is 0 Å². The lowest BCUT2D eigenvalue weighted by Gasteiger charge is -2.28. The SMILES string of the molecule is COc1ccc(CC(=O)NCC(c2cccc(OC)c2)N2CCCC2)cc1. The van der Waals surface area contributed by atoms with Gasteiger partial charge in [0.25, 0.3) is 0 Å². The fourth-order valence-corrected chi connectivity index (χ4v) is 3.56. The molecule has 0 radical (unpaired) electrons. The molecule has 1 heterocycles.